The highest BCUT2D eigenvalue weighted by molar-refractivity contribution is 5.07. The first kappa shape index (κ1) is 18.6. The highest BCUT2D eigenvalue weighted by Crippen LogP contribution is 2.24. The van der Waals surface area contributed by atoms with Crippen molar-refractivity contribution in [1.82, 2.24) is 0 Å². The summed E-state index contributed by atoms with van der Waals surface area (Å²) in [5.41, 5.74) is -1.59. The van der Waals surface area contributed by atoms with E-state index in [0.717, 1.165) is 25.7 Å². The lowest BCUT2D eigenvalue weighted by molar-refractivity contribution is 0.429. The Morgan fingerprint density at radius 2 is 1.20 bits per heavy atom. The Hall–Kier alpha value is -1.42. The normalized spacial score (nSPS) is 17.1. The molecule has 0 amide bonds. The Bertz CT molecular complexity index is 377. The topological polar surface area (TPSA) is 72.3 Å². The fraction of sp³-hybridized carbons (Fsp3) is 0.875. The number of hydrogen-bond acceptors (Lipinski definition) is 4. The maximum atomic E-state index is 9.30. The first-order chi connectivity index (χ1) is 9.45. The van der Waals surface area contributed by atoms with Crippen molar-refractivity contribution in [2.45, 2.75) is 90.1 Å². The molecule has 0 fully saturated rings. The van der Waals surface area contributed by atoms with Crippen LogP contribution in [0.25, 0.3) is 0 Å². The van der Waals surface area contributed by atoms with Crippen LogP contribution >= 0.6 is 0 Å². The van der Waals surface area contributed by atoms with Gasteiger partial charge in [0.2, 0.25) is 0 Å². The highest BCUT2D eigenvalue weighted by atomic mass is 15.2. The molecule has 0 aromatic carbocycles. The number of azo groups is 1. The zero-order valence-electron chi connectivity index (χ0n) is 13.4. The molecule has 0 aliphatic carbocycles. The molecular formula is C16H28N4. The minimum absolute atomic E-state index is 0.695. The van der Waals surface area contributed by atoms with Gasteiger partial charge >= 0.3 is 0 Å². The van der Waals surface area contributed by atoms with E-state index in [2.05, 4.69) is 36.2 Å². The Balaban J connectivity index is 4.62. The predicted octanol–water partition coefficient (Wildman–Crippen LogP) is 5.16. The van der Waals surface area contributed by atoms with Crippen molar-refractivity contribution in [1.29, 1.82) is 10.5 Å². The number of nitriles is 2. The minimum Gasteiger partial charge on any atom is -0.196 e. The van der Waals surface area contributed by atoms with Gasteiger partial charge in [0.25, 0.3) is 0 Å². The van der Waals surface area contributed by atoms with E-state index in [1.54, 1.807) is 13.8 Å². The summed E-state index contributed by atoms with van der Waals surface area (Å²) in [5, 5.41) is 26.9. The van der Waals surface area contributed by atoms with Crippen LogP contribution in [0.3, 0.4) is 0 Å². The van der Waals surface area contributed by atoms with E-state index in [9.17, 15) is 10.5 Å². The molecule has 20 heavy (non-hydrogen) atoms. The molecule has 2 unspecified atom stereocenters. The first-order valence-corrected chi connectivity index (χ1v) is 7.72. The van der Waals surface area contributed by atoms with E-state index < -0.39 is 11.1 Å². The Morgan fingerprint density at radius 1 is 0.750 bits per heavy atom. The van der Waals surface area contributed by atoms with Gasteiger partial charge in [0.15, 0.2) is 11.1 Å². The molecular weight excluding hydrogens is 248 g/mol. The highest BCUT2D eigenvalue weighted by Gasteiger charge is 2.27. The molecule has 0 aliphatic heterocycles. The maximum Gasteiger partial charge on any atom is 0.164 e. The second-order valence-corrected chi connectivity index (χ2v) is 5.89. The molecule has 0 aliphatic rings. The summed E-state index contributed by atoms with van der Waals surface area (Å²) >= 11 is 0. The van der Waals surface area contributed by atoms with Gasteiger partial charge in [-0.1, -0.05) is 46.0 Å². The van der Waals surface area contributed by atoms with Gasteiger partial charge in [-0.2, -0.15) is 20.8 Å². The van der Waals surface area contributed by atoms with Gasteiger partial charge in [0, 0.05) is 0 Å². The number of nitrogens with zero attached hydrogens (tertiary/aromatic N) is 4. The van der Waals surface area contributed by atoms with Crippen molar-refractivity contribution < 1.29 is 0 Å². The van der Waals surface area contributed by atoms with Gasteiger partial charge in [-0.3, -0.25) is 0 Å². The van der Waals surface area contributed by atoms with E-state index in [-0.39, 0.29) is 0 Å². The number of hydrogen-bond donors (Lipinski definition) is 0. The molecule has 0 saturated carbocycles. The lowest BCUT2D eigenvalue weighted by Crippen LogP contribution is -2.23. The molecule has 0 N–H and O–H groups in total. The third kappa shape index (κ3) is 7.24. The first-order valence-electron chi connectivity index (χ1n) is 7.72. The van der Waals surface area contributed by atoms with E-state index in [1.807, 2.05) is 0 Å². The molecule has 0 saturated heterocycles. The van der Waals surface area contributed by atoms with Crippen LogP contribution in [0, 0.1) is 22.7 Å². The lowest BCUT2D eigenvalue weighted by atomic mass is 9.96. The zero-order valence-corrected chi connectivity index (χ0v) is 13.4. The standard InChI is InChI=1S/C16H28N4/c1-5-7-9-10-12-16(4,14-18)20-19-15(3,13-17)11-8-6-2/h5-12H2,1-4H3/b20-19+. The van der Waals surface area contributed by atoms with Gasteiger partial charge in [0.1, 0.15) is 0 Å². The summed E-state index contributed by atoms with van der Waals surface area (Å²) in [6.45, 7) is 7.85. The van der Waals surface area contributed by atoms with Crippen LogP contribution in [0.4, 0.5) is 0 Å². The van der Waals surface area contributed by atoms with E-state index in [0.29, 0.717) is 12.8 Å². The van der Waals surface area contributed by atoms with Crippen LogP contribution in [0.2, 0.25) is 0 Å². The average molecular weight is 276 g/mol. The molecule has 112 valence electrons. The Kier molecular flexibility index (Phi) is 8.81. The smallest absolute Gasteiger partial charge is 0.164 e. The Morgan fingerprint density at radius 3 is 1.60 bits per heavy atom. The van der Waals surface area contributed by atoms with Crippen LogP contribution in [0.15, 0.2) is 10.2 Å². The van der Waals surface area contributed by atoms with Crippen LogP contribution in [0.5, 0.6) is 0 Å². The second-order valence-electron chi connectivity index (χ2n) is 5.89. The number of rotatable bonds is 10. The monoisotopic (exact) mass is 276 g/mol. The molecule has 0 aromatic rings. The predicted molar refractivity (Wildman–Crippen MR) is 81.2 cm³/mol. The SMILES string of the molecule is CCCCCCC(C)(C#N)/N=N/C(C)(C#N)CCCC. The third-order valence-electron chi connectivity index (χ3n) is 3.51. The van der Waals surface area contributed by atoms with Gasteiger partial charge in [-0.05, 0) is 33.1 Å². The molecule has 0 bridgehead atoms. The van der Waals surface area contributed by atoms with Crippen molar-refractivity contribution >= 4 is 0 Å². The molecule has 4 heteroatoms. The largest absolute Gasteiger partial charge is 0.196 e. The molecule has 0 rings (SSSR count). The summed E-state index contributed by atoms with van der Waals surface area (Å²) in [4.78, 5) is 0. The number of unbranched alkanes of at least 4 members (excludes halogenated alkanes) is 4. The van der Waals surface area contributed by atoms with Crippen molar-refractivity contribution in [2.24, 2.45) is 10.2 Å². The van der Waals surface area contributed by atoms with E-state index >= 15 is 0 Å². The fourth-order valence-electron chi connectivity index (χ4n) is 1.89. The summed E-state index contributed by atoms with van der Waals surface area (Å²) in [5.74, 6) is 0. The summed E-state index contributed by atoms with van der Waals surface area (Å²) in [6, 6.07) is 4.45. The fourth-order valence-corrected chi connectivity index (χ4v) is 1.89. The van der Waals surface area contributed by atoms with Gasteiger partial charge < -0.3 is 0 Å². The van der Waals surface area contributed by atoms with E-state index in [1.165, 1.54) is 12.8 Å². The molecule has 0 spiro atoms. The molecule has 0 heterocycles. The van der Waals surface area contributed by atoms with Gasteiger partial charge in [-0.25, -0.2) is 0 Å². The van der Waals surface area contributed by atoms with Gasteiger partial charge in [-0.15, -0.1) is 0 Å². The van der Waals surface area contributed by atoms with Crippen molar-refractivity contribution in [2.75, 3.05) is 0 Å². The van der Waals surface area contributed by atoms with Crippen molar-refractivity contribution in [3.63, 3.8) is 0 Å². The van der Waals surface area contributed by atoms with E-state index in [4.69, 9.17) is 0 Å². The lowest BCUT2D eigenvalue weighted by Gasteiger charge is -2.19. The molecule has 4 nitrogen and oxygen atoms in total. The van der Waals surface area contributed by atoms with Crippen LogP contribution in [-0.2, 0) is 0 Å². The summed E-state index contributed by atoms with van der Waals surface area (Å²) in [7, 11) is 0. The second kappa shape index (κ2) is 9.48. The maximum absolute atomic E-state index is 9.30. The minimum atomic E-state index is -0.794. The third-order valence-corrected chi connectivity index (χ3v) is 3.51. The zero-order chi connectivity index (χ0) is 15.5. The van der Waals surface area contributed by atoms with Crippen LogP contribution in [-0.4, -0.2) is 11.1 Å². The van der Waals surface area contributed by atoms with Crippen molar-refractivity contribution in [3.05, 3.63) is 0 Å². The van der Waals surface area contributed by atoms with Crippen molar-refractivity contribution in [3.8, 4) is 12.1 Å². The van der Waals surface area contributed by atoms with Crippen LogP contribution < -0.4 is 0 Å². The van der Waals surface area contributed by atoms with Crippen LogP contribution in [0.1, 0.15) is 79.1 Å². The molecule has 0 aromatic heterocycles. The molecule has 0 radical (unpaired) electrons. The average Bonchev–Trinajstić information content (AvgIpc) is 2.47. The van der Waals surface area contributed by atoms with Gasteiger partial charge in [0.05, 0.1) is 12.1 Å². The summed E-state index contributed by atoms with van der Waals surface area (Å²) in [6.07, 6.45) is 7.84. The Labute approximate surface area is 123 Å². The molecule has 2 atom stereocenters. The summed E-state index contributed by atoms with van der Waals surface area (Å²) < 4.78 is 0. The quantitative estimate of drug-likeness (QED) is 0.408.